The van der Waals surface area contributed by atoms with E-state index in [1.54, 1.807) is 0 Å². The smallest absolute Gasteiger partial charge is 0.125 e. The van der Waals surface area contributed by atoms with E-state index in [2.05, 4.69) is 38.1 Å². The standard InChI is InChI=1S/C20H25NO/c1-14-11-18(19(21)17-9-6-10-17)12-15(2)20(14)22-13-16-7-4-3-5-8-16/h3-5,7-8,11-12,17,19H,6,9-10,13,21H2,1-2H3/t19-/m1/s1. The quantitative estimate of drug-likeness (QED) is 0.869. The lowest BCUT2D eigenvalue weighted by Gasteiger charge is -2.32. The van der Waals surface area contributed by atoms with Crippen LogP contribution in [0.15, 0.2) is 42.5 Å². The van der Waals surface area contributed by atoms with Crippen molar-refractivity contribution in [3.8, 4) is 5.75 Å². The van der Waals surface area contributed by atoms with Gasteiger partial charge in [0.2, 0.25) is 0 Å². The first kappa shape index (κ1) is 15.1. The third-order valence-corrected chi connectivity index (χ3v) is 4.75. The molecule has 2 heteroatoms. The molecule has 0 spiro atoms. The Hall–Kier alpha value is -1.80. The molecule has 2 nitrogen and oxygen atoms in total. The van der Waals surface area contributed by atoms with Gasteiger partial charge in [-0.3, -0.25) is 0 Å². The molecule has 2 aromatic rings. The minimum atomic E-state index is 0.175. The first-order valence-corrected chi connectivity index (χ1v) is 8.18. The lowest BCUT2D eigenvalue weighted by molar-refractivity contribution is 0.263. The van der Waals surface area contributed by atoms with Crippen LogP contribution in [0.3, 0.4) is 0 Å². The summed E-state index contributed by atoms with van der Waals surface area (Å²) in [6, 6.07) is 14.9. The lowest BCUT2D eigenvalue weighted by Crippen LogP contribution is -2.27. The zero-order valence-electron chi connectivity index (χ0n) is 13.5. The van der Waals surface area contributed by atoms with Crippen LogP contribution in [0, 0.1) is 19.8 Å². The van der Waals surface area contributed by atoms with Gasteiger partial charge in [-0.1, -0.05) is 48.9 Å². The van der Waals surface area contributed by atoms with Gasteiger partial charge in [0.15, 0.2) is 0 Å². The van der Waals surface area contributed by atoms with Gasteiger partial charge >= 0.3 is 0 Å². The molecule has 1 aliphatic rings. The molecule has 22 heavy (non-hydrogen) atoms. The molecule has 0 unspecified atom stereocenters. The summed E-state index contributed by atoms with van der Waals surface area (Å²) in [7, 11) is 0. The number of nitrogens with two attached hydrogens (primary N) is 1. The summed E-state index contributed by atoms with van der Waals surface area (Å²) in [4.78, 5) is 0. The number of hydrogen-bond donors (Lipinski definition) is 1. The third kappa shape index (κ3) is 3.17. The van der Waals surface area contributed by atoms with Gasteiger partial charge in [0.25, 0.3) is 0 Å². The van der Waals surface area contributed by atoms with Crippen LogP contribution in [-0.2, 0) is 6.61 Å². The van der Waals surface area contributed by atoms with Gasteiger partial charge in [0.05, 0.1) is 0 Å². The van der Waals surface area contributed by atoms with E-state index in [-0.39, 0.29) is 6.04 Å². The van der Waals surface area contributed by atoms with Crippen molar-refractivity contribution in [2.75, 3.05) is 0 Å². The topological polar surface area (TPSA) is 35.2 Å². The van der Waals surface area contributed by atoms with Crippen LogP contribution in [0.25, 0.3) is 0 Å². The summed E-state index contributed by atoms with van der Waals surface area (Å²) in [6.45, 7) is 4.84. The SMILES string of the molecule is Cc1cc([C@H](N)C2CCC2)cc(C)c1OCc1ccccc1. The van der Waals surface area contributed by atoms with Crippen molar-refractivity contribution >= 4 is 0 Å². The molecule has 0 aromatic heterocycles. The fraction of sp³-hybridized carbons (Fsp3) is 0.400. The molecule has 1 aliphatic carbocycles. The van der Waals surface area contributed by atoms with Crippen LogP contribution in [0.5, 0.6) is 5.75 Å². The molecule has 2 aromatic carbocycles. The maximum Gasteiger partial charge on any atom is 0.125 e. The highest BCUT2D eigenvalue weighted by atomic mass is 16.5. The molecule has 0 amide bonds. The van der Waals surface area contributed by atoms with Crippen LogP contribution < -0.4 is 10.5 Å². The molecule has 1 atom stereocenters. The number of benzene rings is 2. The molecule has 2 N–H and O–H groups in total. The van der Waals surface area contributed by atoms with Gasteiger partial charge in [-0.05, 0) is 54.9 Å². The average molecular weight is 295 g/mol. The van der Waals surface area contributed by atoms with E-state index in [0.717, 1.165) is 5.75 Å². The van der Waals surface area contributed by atoms with Gasteiger partial charge in [0.1, 0.15) is 12.4 Å². The molecule has 3 rings (SSSR count). The highest BCUT2D eigenvalue weighted by Crippen LogP contribution is 2.38. The summed E-state index contributed by atoms with van der Waals surface area (Å²) < 4.78 is 6.05. The number of ether oxygens (including phenoxy) is 1. The van der Waals surface area contributed by atoms with Crippen molar-refractivity contribution < 1.29 is 4.74 Å². The van der Waals surface area contributed by atoms with Crippen LogP contribution in [0.4, 0.5) is 0 Å². The molecule has 1 fully saturated rings. The fourth-order valence-corrected chi connectivity index (χ4v) is 3.20. The molecular formula is C20H25NO. The van der Waals surface area contributed by atoms with E-state index in [0.29, 0.717) is 12.5 Å². The molecule has 0 heterocycles. The largest absolute Gasteiger partial charge is 0.488 e. The second-order valence-corrected chi connectivity index (χ2v) is 6.47. The minimum absolute atomic E-state index is 0.175. The monoisotopic (exact) mass is 295 g/mol. The Morgan fingerprint density at radius 3 is 2.27 bits per heavy atom. The van der Waals surface area contributed by atoms with Crippen LogP contribution in [0.1, 0.15) is 47.6 Å². The molecule has 0 bridgehead atoms. The molecule has 0 saturated heterocycles. The lowest BCUT2D eigenvalue weighted by atomic mass is 9.77. The predicted octanol–water partition coefficient (Wildman–Crippen LogP) is 4.68. The summed E-state index contributed by atoms with van der Waals surface area (Å²) in [5, 5.41) is 0. The highest BCUT2D eigenvalue weighted by Gasteiger charge is 2.26. The number of rotatable bonds is 5. The van der Waals surface area contributed by atoms with E-state index in [1.807, 2.05) is 18.2 Å². The maximum atomic E-state index is 6.41. The van der Waals surface area contributed by atoms with Gasteiger partial charge in [-0.15, -0.1) is 0 Å². The fourth-order valence-electron chi connectivity index (χ4n) is 3.20. The Kier molecular flexibility index (Phi) is 4.49. The van der Waals surface area contributed by atoms with Crippen molar-refractivity contribution in [3.63, 3.8) is 0 Å². The Morgan fingerprint density at radius 2 is 1.73 bits per heavy atom. The highest BCUT2D eigenvalue weighted by molar-refractivity contribution is 5.44. The normalized spacial score (nSPS) is 16.1. The van der Waals surface area contributed by atoms with E-state index in [1.165, 1.54) is 41.5 Å². The molecule has 1 saturated carbocycles. The van der Waals surface area contributed by atoms with Gasteiger partial charge in [-0.2, -0.15) is 0 Å². The summed E-state index contributed by atoms with van der Waals surface area (Å²) in [6.07, 6.45) is 3.87. The van der Waals surface area contributed by atoms with Crippen molar-refractivity contribution in [1.29, 1.82) is 0 Å². The van der Waals surface area contributed by atoms with Crippen LogP contribution in [-0.4, -0.2) is 0 Å². The van der Waals surface area contributed by atoms with Gasteiger partial charge in [0, 0.05) is 6.04 Å². The first-order valence-electron chi connectivity index (χ1n) is 8.18. The van der Waals surface area contributed by atoms with E-state index >= 15 is 0 Å². The second-order valence-electron chi connectivity index (χ2n) is 6.47. The van der Waals surface area contributed by atoms with Gasteiger partial charge < -0.3 is 10.5 Å². The zero-order valence-corrected chi connectivity index (χ0v) is 13.5. The number of hydrogen-bond acceptors (Lipinski definition) is 2. The van der Waals surface area contributed by atoms with Crippen molar-refractivity contribution in [3.05, 3.63) is 64.7 Å². The van der Waals surface area contributed by atoms with Crippen molar-refractivity contribution in [1.82, 2.24) is 0 Å². The van der Waals surface area contributed by atoms with E-state index < -0.39 is 0 Å². The molecule has 0 aliphatic heterocycles. The molecule has 0 radical (unpaired) electrons. The van der Waals surface area contributed by atoms with Crippen molar-refractivity contribution in [2.24, 2.45) is 11.7 Å². The maximum absolute atomic E-state index is 6.41. The Balaban J connectivity index is 1.74. The summed E-state index contributed by atoms with van der Waals surface area (Å²) >= 11 is 0. The molecule has 116 valence electrons. The Labute approximate surface area is 133 Å². The summed E-state index contributed by atoms with van der Waals surface area (Å²) in [5.74, 6) is 1.66. The minimum Gasteiger partial charge on any atom is -0.488 e. The Morgan fingerprint density at radius 1 is 1.09 bits per heavy atom. The zero-order chi connectivity index (χ0) is 15.5. The van der Waals surface area contributed by atoms with E-state index in [4.69, 9.17) is 10.5 Å². The second kappa shape index (κ2) is 6.53. The Bertz CT molecular complexity index is 608. The van der Waals surface area contributed by atoms with Crippen molar-refractivity contribution in [2.45, 2.75) is 45.8 Å². The van der Waals surface area contributed by atoms with E-state index in [9.17, 15) is 0 Å². The van der Waals surface area contributed by atoms with Crippen LogP contribution in [0.2, 0.25) is 0 Å². The first-order chi connectivity index (χ1) is 10.6. The molecular weight excluding hydrogens is 270 g/mol. The third-order valence-electron chi connectivity index (χ3n) is 4.75. The average Bonchev–Trinajstić information content (AvgIpc) is 2.45. The number of aryl methyl sites for hydroxylation is 2. The predicted molar refractivity (Wildman–Crippen MR) is 91.0 cm³/mol. The van der Waals surface area contributed by atoms with Gasteiger partial charge in [-0.25, -0.2) is 0 Å². The van der Waals surface area contributed by atoms with Crippen LogP contribution >= 0.6 is 0 Å². The summed E-state index contributed by atoms with van der Waals surface area (Å²) in [5.41, 5.74) is 11.2.